The van der Waals surface area contributed by atoms with Gasteiger partial charge in [-0.2, -0.15) is 0 Å². The fourth-order valence-corrected chi connectivity index (χ4v) is 2.04. The lowest BCUT2D eigenvalue weighted by atomic mass is 10.1. The van der Waals surface area contributed by atoms with Crippen LogP contribution in [-0.4, -0.2) is 25.2 Å². The number of nitrogen functional groups attached to an aromatic ring is 2. The summed E-state index contributed by atoms with van der Waals surface area (Å²) >= 11 is 5.95. The van der Waals surface area contributed by atoms with Crippen molar-refractivity contribution in [2.45, 2.75) is 0 Å². The van der Waals surface area contributed by atoms with Gasteiger partial charge in [-0.25, -0.2) is 14.2 Å². The van der Waals surface area contributed by atoms with Crippen LogP contribution in [0.25, 0.3) is 11.3 Å². The minimum absolute atomic E-state index is 0.0147. The van der Waals surface area contributed by atoms with Gasteiger partial charge in [0.05, 0.1) is 30.6 Å². The fraction of sp³-hybridized carbons (Fsp3) is 0.143. The Bertz CT molecular complexity index is 753. The van der Waals surface area contributed by atoms with Crippen LogP contribution < -0.4 is 16.2 Å². The molecule has 2 rings (SSSR count). The van der Waals surface area contributed by atoms with Crippen molar-refractivity contribution in [3.8, 4) is 17.0 Å². The van der Waals surface area contributed by atoms with E-state index in [9.17, 15) is 9.18 Å². The number of pyridine rings is 1. The molecule has 1 heterocycles. The largest absolute Gasteiger partial charge is 0.494 e. The molecule has 0 fully saturated rings. The zero-order valence-corrected chi connectivity index (χ0v) is 12.6. The number of carbonyl (C=O) groups is 1. The van der Waals surface area contributed by atoms with Gasteiger partial charge in [0.2, 0.25) is 0 Å². The van der Waals surface area contributed by atoms with E-state index in [1.807, 2.05) is 0 Å². The summed E-state index contributed by atoms with van der Waals surface area (Å²) in [4.78, 5) is 15.8. The number of methoxy groups -OCH3 is 2. The molecule has 0 radical (unpaired) electrons. The van der Waals surface area contributed by atoms with Crippen LogP contribution in [-0.2, 0) is 4.74 Å². The molecule has 4 N–H and O–H groups in total. The molecule has 0 bridgehead atoms. The molecule has 0 saturated heterocycles. The van der Waals surface area contributed by atoms with E-state index in [2.05, 4.69) is 9.72 Å². The Morgan fingerprint density at radius 2 is 1.91 bits per heavy atom. The Morgan fingerprint density at radius 1 is 1.23 bits per heavy atom. The van der Waals surface area contributed by atoms with Crippen LogP contribution in [0, 0.1) is 5.82 Å². The summed E-state index contributed by atoms with van der Waals surface area (Å²) in [6, 6.07) is 3.89. The van der Waals surface area contributed by atoms with Crippen LogP contribution in [0.2, 0.25) is 5.02 Å². The summed E-state index contributed by atoms with van der Waals surface area (Å²) in [5.74, 6) is -1.37. The Morgan fingerprint density at radius 3 is 2.50 bits per heavy atom. The van der Waals surface area contributed by atoms with E-state index < -0.39 is 11.8 Å². The average molecular weight is 326 g/mol. The summed E-state index contributed by atoms with van der Waals surface area (Å²) in [5, 5.41) is -0.0248. The molecule has 0 aliphatic carbocycles. The van der Waals surface area contributed by atoms with Crippen LogP contribution in [0.3, 0.4) is 0 Å². The molecular weight excluding hydrogens is 313 g/mol. The van der Waals surface area contributed by atoms with Gasteiger partial charge in [-0.1, -0.05) is 11.6 Å². The molecule has 0 aliphatic rings. The number of halogens is 2. The average Bonchev–Trinajstić information content (AvgIpc) is 2.49. The minimum atomic E-state index is -0.744. The van der Waals surface area contributed by atoms with Crippen molar-refractivity contribution in [2.24, 2.45) is 0 Å². The third-order valence-corrected chi connectivity index (χ3v) is 3.36. The number of aromatic nitrogens is 1. The molecule has 1 aromatic heterocycles. The molecule has 22 heavy (non-hydrogen) atoms. The second kappa shape index (κ2) is 6.07. The number of hydrogen-bond acceptors (Lipinski definition) is 6. The number of anilines is 2. The van der Waals surface area contributed by atoms with Crippen molar-refractivity contribution in [2.75, 3.05) is 25.7 Å². The van der Waals surface area contributed by atoms with Crippen LogP contribution in [0.4, 0.5) is 15.8 Å². The Labute approximate surface area is 130 Å². The predicted octanol–water partition coefficient (Wildman–Crippen LogP) is 2.50. The molecule has 0 atom stereocenters. The Kier molecular flexibility index (Phi) is 4.37. The van der Waals surface area contributed by atoms with E-state index in [4.69, 9.17) is 27.8 Å². The normalized spacial score (nSPS) is 10.4. The lowest BCUT2D eigenvalue weighted by Crippen LogP contribution is -2.08. The van der Waals surface area contributed by atoms with Crippen molar-refractivity contribution in [3.63, 3.8) is 0 Å². The van der Waals surface area contributed by atoms with Gasteiger partial charge in [0, 0.05) is 17.3 Å². The second-order valence-corrected chi connectivity index (χ2v) is 4.70. The first-order valence-electron chi connectivity index (χ1n) is 6.06. The van der Waals surface area contributed by atoms with Crippen LogP contribution in [0.5, 0.6) is 5.75 Å². The molecular formula is C14H13ClFN3O3. The molecule has 2 aromatic rings. The topological polar surface area (TPSA) is 100 Å². The molecule has 116 valence electrons. The van der Waals surface area contributed by atoms with Crippen LogP contribution >= 0.6 is 11.6 Å². The van der Waals surface area contributed by atoms with Crippen molar-refractivity contribution in [1.29, 1.82) is 0 Å². The summed E-state index contributed by atoms with van der Waals surface area (Å²) in [5.41, 5.74) is 12.3. The summed E-state index contributed by atoms with van der Waals surface area (Å²) < 4.78 is 23.1. The highest BCUT2D eigenvalue weighted by atomic mass is 35.5. The van der Waals surface area contributed by atoms with Crippen molar-refractivity contribution >= 4 is 28.9 Å². The molecule has 8 heteroatoms. The minimum Gasteiger partial charge on any atom is -0.494 e. The van der Waals surface area contributed by atoms with E-state index in [0.717, 1.165) is 6.07 Å². The SMILES string of the molecule is COC(=O)c1nc(-c2cc(OC)c(F)cc2N)cc(N)c1Cl. The van der Waals surface area contributed by atoms with Crippen LogP contribution in [0.15, 0.2) is 18.2 Å². The van der Waals surface area contributed by atoms with Gasteiger partial charge < -0.3 is 20.9 Å². The monoisotopic (exact) mass is 325 g/mol. The Hall–Kier alpha value is -2.54. The maximum atomic E-state index is 13.6. The first-order chi connectivity index (χ1) is 10.4. The van der Waals surface area contributed by atoms with E-state index in [1.54, 1.807) is 0 Å². The van der Waals surface area contributed by atoms with E-state index in [-0.39, 0.29) is 33.5 Å². The molecule has 0 unspecified atom stereocenters. The first-order valence-corrected chi connectivity index (χ1v) is 6.44. The number of nitrogens with two attached hydrogens (primary N) is 2. The van der Waals surface area contributed by atoms with E-state index in [1.165, 1.54) is 26.4 Å². The lowest BCUT2D eigenvalue weighted by molar-refractivity contribution is 0.0594. The van der Waals surface area contributed by atoms with Crippen molar-refractivity contribution < 1.29 is 18.7 Å². The fourth-order valence-electron chi connectivity index (χ4n) is 1.87. The zero-order valence-electron chi connectivity index (χ0n) is 11.8. The smallest absolute Gasteiger partial charge is 0.358 e. The highest BCUT2D eigenvalue weighted by molar-refractivity contribution is 6.35. The van der Waals surface area contributed by atoms with Gasteiger partial charge in [0.15, 0.2) is 17.3 Å². The number of nitrogens with zero attached hydrogens (tertiary/aromatic N) is 1. The summed E-state index contributed by atoms with van der Waals surface area (Å²) in [6.45, 7) is 0. The second-order valence-electron chi connectivity index (χ2n) is 4.32. The molecule has 1 aromatic carbocycles. The van der Waals surface area contributed by atoms with Crippen LogP contribution in [0.1, 0.15) is 10.5 Å². The molecule has 0 amide bonds. The third-order valence-electron chi connectivity index (χ3n) is 2.96. The standard InChI is InChI=1S/C14H13ClFN3O3/c1-21-11-3-6(8(17)4-7(11)16)10-5-9(18)12(15)13(19-10)14(20)22-2/h3-5H,17H2,1-2H3,(H2,18,19). The highest BCUT2D eigenvalue weighted by Gasteiger charge is 2.19. The van der Waals surface area contributed by atoms with Gasteiger partial charge in [-0.3, -0.25) is 0 Å². The molecule has 0 saturated carbocycles. The molecule has 0 spiro atoms. The predicted molar refractivity (Wildman–Crippen MR) is 81.4 cm³/mol. The number of esters is 1. The van der Waals surface area contributed by atoms with Gasteiger partial charge in [-0.05, 0) is 12.1 Å². The molecule has 6 nitrogen and oxygen atoms in total. The van der Waals surface area contributed by atoms with Gasteiger partial charge in [0.1, 0.15) is 0 Å². The Balaban J connectivity index is 2.68. The van der Waals surface area contributed by atoms with Gasteiger partial charge >= 0.3 is 5.97 Å². The van der Waals surface area contributed by atoms with Crippen molar-refractivity contribution in [3.05, 3.63) is 34.7 Å². The highest BCUT2D eigenvalue weighted by Crippen LogP contribution is 2.34. The number of hydrogen-bond donors (Lipinski definition) is 2. The lowest BCUT2D eigenvalue weighted by Gasteiger charge is -2.12. The third kappa shape index (κ3) is 2.75. The maximum Gasteiger partial charge on any atom is 0.358 e. The number of carbonyl (C=O) groups excluding carboxylic acids is 1. The van der Waals surface area contributed by atoms with E-state index in [0.29, 0.717) is 5.56 Å². The van der Waals surface area contributed by atoms with Gasteiger partial charge in [0.25, 0.3) is 0 Å². The quantitative estimate of drug-likeness (QED) is 0.664. The first kappa shape index (κ1) is 15.8. The van der Waals surface area contributed by atoms with Crippen molar-refractivity contribution in [1.82, 2.24) is 4.98 Å². The zero-order chi connectivity index (χ0) is 16.4. The number of rotatable bonds is 3. The number of ether oxygens (including phenoxy) is 2. The number of benzene rings is 1. The summed E-state index contributed by atoms with van der Waals surface area (Å²) in [7, 11) is 2.51. The van der Waals surface area contributed by atoms with Gasteiger partial charge in [-0.15, -0.1) is 0 Å². The maximum absolute atomic E-state index is 13.6. The van der Waals surface area contributed by atoms with E-state index >= 15 is 0 Å². The molecule has 0 aliphatic heterocycles. The summed E-state index contributed by atoms with van der Waals surface area (Å²) in [6.07, 6.45) is 0.